The fourth-order valence-corrected chi connectivity index (χ4v) is 5.97. The van der Waals surface area contributed by atoms with E-state index in [0.29, 0.717) is 38.9 Å². The molecule has 0 bridgehead atoms. The first-order valence-electron chi connectivity index (χ1n) is 11.0. The quantitative estimate of drug-likeness (QED) is 0.450. The molecule has 0 atom stereocenters. The predicted molar refractivity (Wildman–Crippen MR) is 137 cm³/mol. The topological polar surface area (TPSA) is 84.9 Å². The Bertz CT molecular complexity index is 1370. The maximum atomic E-state index is 13.7. The fourth-order valence-electron chi connectivity index (χ4n) is 4.02. The van der Waals surface area contributed by atoms with E-state index in [-0.39, 0.29) is 24.6 Å². The van der Waals surface area contributed by atoms with E-state index in [1.54, 1.807) is 68.6 Å². The van der Waals surface area contributed by atoms with Crippen LogP contribution in [0.4, 0.5) is 5.69 Å². The number of amides is 1. The second kappa shape index (κ2) is 10.4. The van der Waals surface area contributed by atoms with Crippen molar-refractivity contribution in [1.82, 2.24) is 5.32 Å². The van der Waals surface area contributed by atoms with E-state index in [1.807, 2.05) is 18.2 Å². The molecule has 3 aromatic rings. The smallest absolute Gasteiger partial charge is 0.270 e. The normalized spacial score (nSPS) is 14.3. The zero-order chi connectivity index (χ0) is 25.0. The number of ether oxygens (including phenoxy) is 2. The Morgan fingerprint density at radius 1 is 1.00 bits per heavy atom. The van der Waals surface area contributed by atoms with E-state index in [9.17, 15) is 13.2 Å². The number of benzene rings is 3. The number of fused-ring (bicyclic) bond motifs is 1. The zero-order valence-corrected chi connectivity index (χ0v) is 20.9. The zero-order valence-electron chi connectivity index (χ0n) is 19.3. The van der Waals surface area contributed by atoms with E-state index < -0.39 is 15.9 Å². The summed E-state index contributed by atoms with van der Waals surface area (Å²) in [6.07, 6.45) is 0. The lowest BCUT2D eigenvalue weighted by molar-refractivity contribution is -0.116. The van der Waals surface area contributed by atoms with Crippen molar-refractivity contribution in [2.45, 2.75) is 6.92 Å². The highest BCUT2D eigenvalue weighted by molar-refractivity contribution is 7.97. The van der Waals surface area contributed by atoms with Gasteiger partial charge in [0.2, 0.25) is 0 Å². The second-order valence-electron chi connectivity index (χ2n) is 7.66. The highest BCUT2D eigenvalue weighted by Crippen LogP contribution is 2.43. The van der Waals surface area contributed by atoms with Gasteiger partial charge in [-0.3, -0.25) is 9.10 Å². The number of carbonyl (C=O) groups is 1. The number of halogens is 1. The Balaban J connectivity index is 1.70. The summed E-state index contributed by atoms with van der Waals surface area (Å²) in [6, 6.07) is 21.1. The lowest BCUT2D eigenvalue weighted by Crippen LogP contribution is -2.42. The highest BCUT2D eigenvalue weighted by atomic mass is 35.5. The molecule has 0 unspecified atom stereocenters. The minimum Gasteiger partial charge on any atom is -0.493 e. The average molecular weight is 513 g/mol. The number of para-hydroxylation sites is 2. The van der Waals surface area contributed by atoms with Gasteiger partial charge in [-0.05, 0) is 42.8 Å². The number of sulfonamides is 1. The van der Waals surface area contributed by atoms with E-state index >= 15 is 0 Å². The summed E-state index contributed by atoms with van der Waals surface area (Å²) in [6.45, 7) is 2.10. The third-order valence-electron chi connectivity index (χ3n) is 5.54. The van der Waals surface area contributed by atoms with E-state index in [4.69, 9.17) is 21.1 Å². The Morgan fingerprint density at radius 2 is 1.69 bits per heavy atom. The molecule has 0 saturated heterocycles. The maximum Gasteiger partial charge on any atom is 0.270 e. The molecule has 0 radical (unpaired) electrons. The molecule has 0 fully saturated rings. The highest BCUT2D eigenvalue weighted by Gasteiger charge is 2.40. The molecule has 182 valence electrons. The molecular weight excluding hydrogens is 488 g/mol. The monoisotopic (exact) mass is 512 g/mol. The van der Waals surface area contributed by atoms with Gasteiger partial charge in [-0.1, -0.05) is 54.1 Å². The summed E-state index contributed by atoms with van der Waals surface area (Å²) in [7, 11) is -2.60. The van der Waals surface area contributed by atoms with Gasteiger partial charge in [-0.25, -0.2) is 8.42 Å². The van der Waals surface area contributed by atoms with Crippen LogP contribution in [-0.2, 0) is 14.8 Å². The number of nitrogens with one attached hydrogen (secondary N) is 1. The summed E-state index contributed by atoms with van der Waals surface area (Å²) in [5.74, 6) is 0.380. The fraction of sp³-hybridized carbons (Fsp3) is 0.192. The number of rotatable bonds is 8. The lowest BCUT2D eigenvalue weighted by atomic mass is 9.95. The first-order valence-corrected chi connectivity index (χ1v) is 12.9. The molecule has 35 heavy (non-hydrogen) atoms. The molecule has 0 saturated carbocycles. The van der Waals surface area contributed by atoms with Gasteiger partial charge in [0, 0.05) is 22.7 Å². The predicted octanol–water partition coefficient (Wildman–Crippen LogP) is 4.47. The van der Waals surface area contributed by atoms with Crippen LogP contribution in [0.5, 0.6) is 11.5 Å². The minimum atomic E-state index is -4.14. The summed E-state index contributed by atoms with van der Waals surface area (Å²) < 4.78 is 39.6. The van der Waals surface area contributed by atoms with Crippen molar-refractivity contribution in [2.75, 3.05) is 31.1 Å². The minimum absolute atomic E-state index is 0.0898. The van der Waals surface area contributed by atoms with Crippen LogP contribution in [0.3, 0.4) is 0 Å². The number of hydrogen-bond donors (Lipinski definition) is 1. The first-order chi connectivity index (χ1) is 16.9. The van der Waals surface area contributed by atoms with Gasteiger partial charge in [-0.15, -0.1) is 0 Å². The second-order valence-corrected chi connectivity index (χ2v) is 9.89. The number of hydrogen-bond acceptors (Lipinski definition) is 5. The van der Waals surface area contributed by atoms with Crippen LogP contribution in [-0.4, -0.2) is 41.1 Å². The number of methoxy groups -OCH3 is 1. The third kappa shape index (κ3) is 4.85. The molecule has 3 aromatic carbocycles. The first kappa shape index (κ1) is 24.6. The van der Waals surface area contributed by atoms with Crippen molar-refractivity contribution in [3.05, 3.63) is 93.9 Å². The maximum absolute atomic E-state index is 13.7. The molecule has 0 aliphatic carbocycles. The third-order valence-corrected chi connectivity index (χ3v) is 7.72. The van der Waals surface area contributed by atoms with Crippen molar-refractivity contribution in [3.63, 3.8) is 0 Å². The van der Waals surface area contributed by atoms with E-state index in [0.717, 1.165) is 0 Å². The van der Waals surface area contributed by atoms with E-state index in [1.165, 1.54) is 4.31 Å². The number of nitrogens with zero attached hydrogens (tertiary/aromatic N) is 1. The van der Waals surface area contributed by atoms with Crippen LogP contribution < -0.4 is 19.1 Å². The van der Waals surface area contributed by atoms with Crippen LogP contribution in [0.2, 0.25) is 5.02 Å². The molecule has 1 aliphatic heterocycles. The molecule has 0 aromatic heterocycles. The number of carbonyl (C=O) groups excluding carboxylic acids is 1. The molecule has 9 heteroatoms. The van der Waals surface area contributed by atoms with Crippen molar-refractivity contribution in [1.29, 1.82) is 0 Å². The standard InChI is InChI=1S/C26H25ClN2O5S/c1-3-29-21-14-13-19(27)17-20(21)24(18-9-5-4-6-10-18)25(35(29,31)32)26(30)28-15-16-34-23-12-8-7-11-22(23)33-2/h4-14,17H,3,15-16H2,1-2H3,(H,28,30). The molecule has 7 nitrogen and oxygen atoms in total. The Hall–Kier alpha value is -3.49. The molecule has 4 rings (SSSR count). The van der Waals surface area contributed by atoms with Crippen molar-refractivity contribution in [3.8, 4) is 11.5 Å². The Kier molecular flexibility index (Phi) is 7.33. The van der Waals surface area contributed by atoms with Gasteiger partial charge in [0.05, 0.1) is 19.3 Å². The van der Waals surface area contributed by atoms with Crippen molar-refractivity contribution >= 4 is 38.8 Å². The van der Waals surface area contributed by atoms with Crippen LogP contribution in [0, 0.1) is 0 Å². The van der Waals surface area contributed by atoms with Crippen molar-refractivity contribution < 1.29 is 22.7 Å². The molecule has 1 aliphatic rings. The SMILES string of the molecule is CCN1c2ccc(Cl)cc2C(c2ccccc2)=C(C(=O)NCCOc2ccccc2OC)S1(=O)=O. The van der Waals surface area contributed by atoms with Crippen molar-refractivity contribution in [2.24, 2.45) is 0 Å². The summed E-state index contributed by atoms with van der Waals surface area (Å²) >= 11 is 6.29. The lowest BCUT2D eigenvalue weighted by Gasteiger charge is -2.33. The van der Waals surface area contributed by atoms with Crippen LogP contribution in [0.15, 0.2) is 77.7 Å². The van der Waals surface area contributed by atoms with Gasteiger partial charge >= 0.3 is 0 Å². The van der Waals surface area contributed by atoms with Gasteiger partial charge in [0.15, 0.2) is 16.4 Å². The molecule has 1 amide bonds. The van der Waals surface area contributed by atoms with Gasteiger partial charge in [-0.2, -0.15) is 0 Å². The van der Waals surface area contributed by atoms with Gasteiger partial charge in [0.1, 0.15) is 6.61 Å². The van der Waals surface area contributed by atoms with Gasteiger partial charge in [0.25, 0.3) is 15.9 Å². The van der Waals surface area contributed by atoms with Crippen LogP contribution in [0.1, 0.15) is 18.1 Å². The van der Waals surface area contributed by atoms with Crippen LogP contribution in [0.25, 0.3) is 5.57 Å². The van der Waals surface area contributed by atoms with Gasteiger partial charge < -0.3 is 14.8 Å². The molecule has 0 spiro atoms. The largest absolute Gasteiger partial charge is 0.493 e. The Labute approximate surface area is 210 Å². The molecule has 1 N–H and O–H groups in total. The summed E-state index contributed by atoms with van der Waals surface area (Å²) in [4.78, 5) is 13.1. The summed E-state index contributed by atoms with van der Waals surface area (Å²) in [5, 5.41) is 3.15. The summed E-state index contributed by atoms with van der Waals surface area (Å²) in [5.41, 5.74) is 1.98. The Morgan fingerprint density at radius 3 is 2.37 bits per heavy atom. The van der Waals surface area contributed by atoms with Crippen LogP contribution >= 0.6 is 11.6 Å². The molecular formula is C26H25ClN2O5S. The molecule has 1 heterocycles. The van der Waals surface area contributed by atoms with E-state index in [2.05, 4.69) is 5.32 Å². The number of anilines is 1. The average Bonchev–Trinajstić information content (AvgIpc) is 2.86.